The predicted molar refractivity (Wildman–Crippen MR) is 90.7 cm³/mol. The summed E-state index contributed by atoms with van der Waals surface area (Å²) < 4.78 is 0. The molecule has 2 heterocycles. The van der Waals surface area contributed by atoms with Crippen LogP contribution in [0, 0.1) is 0 Å². The van der Waals surface area contributed by atoms with E-state index in [1.807, 2.05) is 28.9 Å². The van der Waals surface area contributed by atoms with Crippen LogP contribution in [0.2, 0.25) is 0 Å². The van der Waals surface area contributed by atoms with Crippen molar-refractivity contribution in [1.29, 1.82) is 0 Å². The first kappa shape index (κ1) is 16.3. The number of H-pyrrole nitrogens is 2. The van der Waals surface area contributed by atoms with Crippen LogP contribution in [0.25, 0.3) is 11.0 Å². The first-order valence-electron chi connectivity index (χ1n) is 8.33. The van der Waals surface area contributed by atoms with Gasteiger partial charge in [0.05, 0.1) is 17.5 Å². The molecule has 2 N–H and O–H groups in total. The van der Waals surface area contributed by atoms with Gasteiger partial charge in [-0.1, -0.05) is 13.0 Å². The Morgan fingerprint density at radius 2 is 1.67 bits per heavy atom. The van der Waals surface area contributed by atoms with Crippen molar-refractivity contribution in [2.75, 3.05) is 26.2 Å². The maximum atomic E-state index is 12.6. The van der Waals surface area contributed by atoms with Gasteiger partial charge in [-0.15, -0.1) is 0 Å². The lowest BCUT2D eigenvalue weighted by molar-refractivity contribution is -0.133. The molecular weight excluding hydrogens is 308 g/mol. The van der Waals surface area contributed by atoms with Gasteiger partial charge in [0.25, 0.3) is 0 Å². The third kappa shape index (κ3) is 3.50. The molecule has 1 aliphatic heterocycles. The van der Waals surface area contributed by atoms with Gasteiger partial charge in [0.1, 0.15) is 0 Å². The number of benzene rings is 1. The molecule has 1 aromatic heterocycles. The summed E-state index contributed by atoms with van der Waals surface area (Å²) in [4.78, 5) is 44.7. The van der Waals surface area contributed by atoms with Crippen molar-refractivity contribution in [3.05, 3.63) is 34.2 Å². The van der Waals surface area contributed by atoms with Crippen molar-refractivity contribution >= 4 is 22.8 Å². The number of rotatable bonds is 3. The molecule has 1 aromatic carbocycles. The highest BCUT2D eigenvalue weighted by Crippen LogP contribution is 2.13. The summed E-state index contributed by atoms with van der Waals surface area (Å²) in [5, 5.41) is 0. The minimum atomic E-state index is -0.248. The Morgan fingerprint density at radius 1 is 1.00 bits per heavy atom. The molecule has 128 valence electrons. The molecule has 0 aliphatic carbocycles. The minimum absolute atomic E-state index is 0.0537. The van der Waals surface area contributed by atoms with E-state index in [2.05, 4.69) is 9.97 Å². The van der Waals surface area contributed by atoms with Gasteiger partial charge in [-0.25, -0.2) is 4.79 Å². The smallest absolute Gasteiger partial charge is 0.323 e. The van der Waals surface area contributed by atoms with E-state index >= 15 is 0 Å². The van der Waals surface area contributed by atoms with Gasteiger partial charge in [0.2, 0.25) is 11.8 Å². The summed E-state index contributed by atoms with van der Waals surface area (Å²) in [6.07, 6.45) is 1.61. The third-order valence-corrected chi connectivity index (χ3v) is 4.44. The fraction of sp³-hybridized carbons (Fsp3) is 0.471. The zero-order chi connectivity index (χ0) is 17.1. The van der Waals surface area contributed by atoms with Crippen LogP contribution in [-0.2, 0) is 16.0 Å². The van der Waals surface area contributed by atoms with E-state index in [-0.39, 0.29) is 17.5 Å². The molecule has 7 heteroatoms. The normalized spacial score (nSPS) is 15.5. The highest BCUT2D eigenvalue weighted by Gasteiger charge is 2.21. The predicted octanol–water partition coefficient (Wildman–Crippen LogP) is 0.870. The molecule has 0 spiro atoms. The molecule has 0 atom stereocenters. The van der Waals surface area contributed by atoms with E-state index in [1.165, 1.54) is 0 Å². The number of aromatic nitrogens is 2. The molecule has 0 unspecified atom stereocenters. The van der Waals surface area contributed by atoms with Crippen LogP contribution in [0.5, 0.6) is 0 Å². The minimum Gasteiger partial charge on any atom is -0.341 e. The number of nitrogens with one attached hydrogen (secondary N) is 2. The van der Waals surface area contributed by atoms with Crippen LogP contribution in [0.3, 0.4) is 0 Å². The van der Waals surface area contributed by atoms with Gasteiger partial charge in [-0.05, 0) is 24.1 Å². The molecule has 2 amide bonds. The Morgan fingerprint density at radius 3 is 2.38 bits per heavy atom. The number of fused-ring (bicyclic) bond motifs is 1. The average molecular weight is 330 g/mol. The highest BCUT2D eigenvalue weighted by atomic mass is 16.2. The Labute approximate surface area is 139 Å². The third-order valence-electron chi connectivity index (χ3n) is 4.44. The summed E-state index contributed by atoms with van der Waals surface area (Å²) in [7, 11) is 0. The molecule has 0 bridgehead atoms. The lowest BCUT2D eigenvalue weighted by Gasteiger charge is -2.22. The maximum Gasteiger partial charge on any atom is 0.323 e. The summed E-state index contributed by atoms with van der Waals surface area (Å²) in [5.41, 5.74) is 2.07. The van der Waals surface area contributed by atoms with E-state index in [1.54, 1.807) is 6.07 Å². The van der Waals surface area contributed by atoms with Crippen molar-refractivity contribution in [3.8, 4) is 0 Å². The van der Waals surface area contributed by atoms with Crippen LogP contribution in [0.15, 0.2) is 23.0 Å². The Kier molecular flexibility index (Phi) is 4.69. The van der Waals surface area contributed by atoms with Crippen LogP contribution >= 0.6 is 0 Å². The van der Waals surface area contributed by atoms with E-state index in [0.717, 1.165) is 17.5 Å². The number of carbonyl (C=O) groups excluding carboxylic acids is 2. The number of aromatic amines is 2. The topological polar surface area (TPSA) is 89.3 Å². The number of carbonyl (C=O) groups is 2. The first-order valence-corrected chi connectivity index (χ1v) is 8.33. The highest BCUT2D eigenvalue weighted by molar-refractivity contribution is 5.82. The second-order valence-electron chi connectivity index (χ2n) is 6.10. The van der Waals surface area contributed by atoms with Crippen molar-refractivity contribution in [3.63, 3.8) is 0 Å². The van der Waals surface area contributed by atoms with Crippen LogP contribution in [-0.4, -0.2) is 57.8 Å². The van der Waals surface area contributed by atoms with Crippen LogP contribution in [0.1, 0.15) is 25.3 Å². The molecule has 2 aromatic rings. The SMILES string of the molecule is CCC(=O)N1CCCN(C(=O)Cc2ccc3[nH]c(=O)[nH]c3c2)CC1. The van der Waals surface area contributed by atoms with Gasteiger partial charge < -0.3 is 19.8 Å². The van der Waals surface area contributed by atoms with Gasteiger partial charge in [-0.2, -0.15) is 0 Å². The van der Waals surface area contributed by atoms with Gasteiger partial charge in [-0.3, -0.25) is 9.59 Å². The maximum absolute atomic E-state index is 12.6. The van der Waals surface area contributed by atoms with Crippen molar-refractivity contribution in [2.24, 2.45) is 0 Å². The fourth-order valence-electron chi connectivity index (χ4n) is 3.12. The summed E-state index contributed by atoms with van der Waals surface area (Å²) in [6, 6.07) is 5.49. The molecule has 1 saturated heterocycles. The summed E-state index contributed by atoms with van der Waals surface area (Å²) in [6.45, 7) is 4.43. The number of imidazole rings is 1. The first-order chi connectivity index (χ1) is 11.6. The molecule has 1 fully saturated rings. The van der Waals surface area contributed by atoms with Crippen LogP contribution < -0.4 is 5.69 Å². The molecule has 7 nitrogen and oxygen atoms in total. The standard InChI is InChI=1S/C17H22N4O3/c1-2-15(22)20-6-3-7-21(9-8-20)16(23)11-12-4-5-13-14(10-12)19-17(24)18-13/h4-5,10H,2-3,6-9,11H2,1H3,(H2,18,19,24). The zero-order valence-corrected chi connectivity index (χ0v) is 13.8. The fourth-order valence-corrected chi connectivity index (χ4v) is 3.12. The second kappa shape index (κ2) is 6.90. The van der Waals surface area contributed by atoms with E-state index in [9.17, 15) is 14.4 Å². The Balaban J connectivity index is 1.65. The summed E-state index contributed by atoms with van der Waals surface area (Å²) in [5.74, 6) is 0.198. The lowest BCUT2D eigenvalue weighted by Crippen LogP contribution is -2.37. The number of hydrogen-bond acceptors (Lipinski definition) is 3. The van der Waals surface area contributed by atoms with E-state index in [4.69, 9.17) is 0 Å². The molecule has 0 radical (unpaired) electrons. The van der Waals surface area contributed by atoms with Gasteiger partial charge >= 0.3 is 5.69 Å². The van der Waals surface area contributed by atoms with E-state index < -0.39 is 0 Å². The molecule has 3 rings (SSSR count). The molecule has 0 saturated carbocycles. The monoisotopic (exact) mass is 330 g/mol. The average Bonchev–Trinajstić information content (AvgIpc) is 2.78. The number of hydrogen-bond donors (Lipinski definition) is 2. The van der Waals surface area contributed by atoms with Crippen molar-refractivity contribution < 1.29 is 9.59 Å². The molecule has 1 aliphatic rings. The van der Waals surface area contributed by atoms with Crippen LogP contribution in [0.4, 0.5) is 0 Å². The van der Waals surface area contributed by atoms with Gasteiger partial charge in [0, 0.05) is 32.6 Å². The van der Waals surface area contributed by atoms with Crippen molar-refractivity contribution in [2.45, 2.75) is 26.2 Å². The number of amides is 2. The second-order valence-corrected chi connectivity index (χ2v) is 6.10. The lowest BCUT2D eigenvalue weighted by atomic mass is 10.1. The van der Waals surface area contributed by atoms with E-state index in [0.29, 0.717) is 44.5 Å². The quantitative estimate of drug-likeness (QED) is 0.875. The zero-order valence-electron chi connectivity index (χ0n) is 13.8. The Bertz CT molecular complexity index is 808. The number of nitrogens with zero attached hydrogens (tertiary/aromatic N) is 2. The largest absolute Gasteiger partial charge is 0.341 e. The molecule has 24 heavy (non-hydrogen) atoms. The summed E-state index contributed by atoms with van der Waals surface area (Å²) >= 11 is 0. The van der Waals surface area contributed by atoms with Gasteiger partial charge in [0.15, 0.2) is 0 Å². The molecular formula is C17H22N4O3. The Hall–Kier alpha value is -2.57. The van der Waals surface area contributed by atoms with Crippen molar-refractivity contribution in [1.82, 2.24) is 19.8 Å².